The Labute approximate surface area is 192 Å². The predicted octanol–water partition coefficient (Wildman–Crippen LogP) is 2.28. The summed E-state index contributed by atoms with van der Waals surface area (Å²) in [6, 6.07) is 0.235. The molecule has 5 atom stereocenters. The van der Waals surface area contributed by atoms with Gasteiger partial charge in [-0.1, -0.05) is 6.42 Å². The zero-order valence-corrected chi connectivity index (χ0v) is 20.2. The number of alkyl carbamates (subject to hydrolysis) is 1. The number of carbonyl (C=O) groups excluding carboxylic acids is 3. The van der Waals surface area contributed by atoms with Gasteiger partial charge >= 0.3 is 6.09 Å². The zero-order valence-electron chi connectivity index (χ0n) is 20.2. The van der Waals surface area contributed by atoms with Crippen LogP contribution in [0.2, 0.25) is 0 Å². The minimum Gasteiger partial charge on any atom is -0.444 e. The minimum absolute atomic E-state index is 0.0172. The van der Waals surface area contributed by atoms with Crippen molar-refractivity contribution in [2.24, 2.45) is 23.7 Å². The number of hydrogen-bond donors (Lipinski definition) is 3. The van der Waals surface area contributed by atoms with E-state index in [0.717, 1.165) is 31.2 Å². The summed E-state index contributed by atoms with van der Waals surface area (Å²) in [7, 11) is 0. The minimum atomic E-state index is -0.542. The van der Waals surface area contributed by atoms with Gasteiger partial charge in [0.25, 0.3) is 0 Å². The Balaban J connectivity index is 1.33. The molecule has 8 nitrogen and oxygen atoms in total. The Kier molecular flexibility index (Phi) is 8.42. The van der Waals surface area contributed by atoms with Gasteiger partial charge < -0.3 is 20.7 Å². The smallest absolute Gasteiger partial charge is 0.407 e. The van der Waals surface area contributed by atoms with E-state index in [4.69, 9.17) is 4.74 Å². The Morgan fingerprint density at radius 1 is 1.06 bits per heavy atom. The first-order valence-corrected chi connectivity index (χ1v) is 12.4. The Morgan fingerprint density at radius 3 is 2.47 bits per heavy atom. The van der Waals surface area contributed by atoms with Gasteiger partial charge in [0.2, 0.25) is 11.8 Å². The lowest BCUT2D eigenvalue weighted by Crippen LogP contribution is -2.49. The van der Waals surface area contributed by atoms with Crippen LogP contribution in [0.1, 0.15) is 66.2 Å². The van der Waals surface area contributed by atoms with E-state index in [1.165, 1.54) is 25.7 Å². The summed E-state index contributed by atoms with van der Waals surface area (Å²) in [6.07, 6.45) is 6.56. The average molecular weight is 451 g/mol. The molecular formula is C24H42N4O4. The summed E-state index contributed by atoms with van der Waals surface area (Å²) in [4.78, 5) is 38.9. The van der Waals surface area contributed by atoms with E-state index in [9.17, 15) is 14.4 Å². The van der Waals surface area contributed by atoms with E-state index in [2.05, 4.69) is 27.8 Å². The van der Waals surface area contributed by atoms with Crippen LogP contribution in [0.25, 0.3) is 0 Å². The van der Waals surface area contributed by atoms with Gasteiger partial charge in [0.05, 0.1) is 12.5 Å². The standard InChI is InChI=1S/C24H42N4O4/c1-16(20-13-17-7-8-18(20)12-17)27-21(29)15-28-11-5-6-19(14-28)22(30)25-9-10-26-23(31)32-24(2,3)4/h16-20H,5-15H2,1-4H3,(H,25,30)(H,26,31)(H,27,29). The first kappa shape index (κ1) is 24.8. The van der Waals surface area contributed by atoms with Gasteiger partial charge in [-0.15, -0.1) is 0 Å². The number of nitrogens with one attached hydrogen (secondary N) is 3. The maximum atomic E-state index is 12.6. The van der Waals surface area contributed by atoms with Gasteiger partial charge in [-0.2, -0.15) is 0 Å². The van der Waals surface area contributed by atoms with Crippen LogP contribution in [0.15, 0.2) is 0 Å². The first-order chi connectivity index (χ1) is 15.1. The van der Waals surface area contributed by atoms with Crippen LogP contribution >= 0.6 is 0 Å². The number of likely N-dealkylation sites (tertiary alicyclic amines) is 1. The van der Waals surface area contributed by atoms with Crippen LogP contribution < -0.4 is 16.0 Å². The monoisotopic (exact) mass is 450 g/mol. The highest BCUT2D eigenvalue weighted by molar-refractivity contribution is 5.80. The highest BCUT2D eigenvalue weighted by Crippen LogP contribution is 2.49. The van der Waals surface area contributed by atoms with Crippen molar-refractivity contribution < 1.29 is 19.1 Å². The Morgan fingerprint density at radius 2 is 1.81 bits per heavy atom. The topological polar surface area (TPSA) is 99.8 Å². The molecule has 0 aromatic carbocycles. The second kappa shape index (κ2) is 10.9. The molecule has 3 rings (SSSR count). The number of hydrogen-bond acceptors (Lipinski definition) is 5. The highest BCUT2D eigenvalue weighted by Gasteiger charge is 2.42. The Hall–Kier alpha value is -1.83. The SMILES string of the molecule is CC(NC(=O)CN1CCCC(C(=O)NCCNC(=O)OC(C)(C)C)C1)C1CC2CCC1C2. The summed E-state index contributed by atoms with van der Waals surface area (Å²) in [5, 5.41) is 8.77. The first-order valence-electron chi connectivity index (χ1n) is 12.4. The molecule has 0 spiro atoms. The maximum absolute atomic E-state index is 12.6. The van der Waals surface area contributed by atoms with Crippen molar-refractivity contribution in [3.05, 3.63) is 0 Å². The molecule has 1 saturated heterocycles. The van der Waals surface area contributed by atoms with Crippen molar-refractivity contribution in [3.8, 4) is 0 Å². The van der Waals surface area contributed by atoms with Gasteiger partial charge in [0.1, 0.15) is 5.60 Å². The summed E-state index contributed by atoms with van der Waals surface area (Å²) >= 11 is 0. The number of fused-ring (bicyclic) bond motifs is 2. The molecule has 0 aromatic heterocycles. The van der Waals surface area contributed by atoms with Crippen molar-refractivity contribution in [1.82, 2.24) is 20.9 Å². The molecule has 1 aliphatic heterocycles. The number of carbonyl (C=O) groups is 3. The largest absolute Gasteiger partial charge is 0.444 e. The molecule has 8 heteroatoms. The van der Waals surface area contributed by atoms with Crippen LogP contribution in [0.4, 0.5) is 4.79 Å². The summed E-state index contributed by atoms with van der Waals surface area (Å²) in [5.41, 5.74) is -0.542. The molecule has 2 saturated carbocycles. The summed E-state index contributed by atoms with van der Waals surface area (Å²) in [5.74, 6) is 2.24. The predicted molar refractivity (Wildman–Crippen MR) is 123 cm³/mol. The third-order valence-corrected chi connectivity index (χ3v) is 7.16. The van der Waals surface area contributed by atoms with Crippen molar-refractivity contribution in [2.75, 3.05) is 32.7 Å². The van der Waals surface area contributed by atoms with E-state index in [0.29, 0.717) is 32.1 Å². The quantitative estimate of drug-likeness (QED) is 0.493. The lowest BCUT2D eigenvalue weighted by molar-refractivity contribution is -0.129. The molecule has 1 heterocycles. The molecule has 2 bridgehead atoms. The van der Waals surface area contributed by atoms with E-state index in [1.807, 2.05) is 20.8 Å². The van der Waals surface area contributed by atoms with E-state index in [1.54, 1.807) is 0 Å². The molecule has 3 amide bonds. The van der Waals surface area contributed by atoms with Crippen molar-refractivity contribution in [1.29, 1.82) is 0 Å². The van der Waals surface area contributed by atoms with E-state index < -0.39 is 11.7 Å². The van der Waals surface area contributed by atoms with Crippen LogP contribution in [-0.4, -0.2) is 67.2 Å². The fraction of sp³-hybridized carbons (Fsp3) is 0.875. The van der Waals surface area contributed by atoms with Crippen molar-refractivity contribution in [3.63, 3.8) is 0 Å². The van der Waals surface area contributed by atoms with E-state index >= 15 is 0 Å². The number of piperidine rings is 1. The molecule has 3 aliphatic rings. The molecule has 5 unspecified atom stereocenters. The van der Waals surface area contributed by atoms with Gasteiger partial charge in [0, 0.05) is 25.7 Å². The highest BCUT2D eigenvalue weighted by atomic mass is 16.6. The van der Waals surface area contributed by atoms with Crippen LogP contribution in [0.5, 0.6) is 0 Å². The molecule has 3 N–H and O–H groups in total. The number of rotatable bonds is 8. The summed E-state index contributed by atoms with van der Waals surface area (Å²) < 4.78 is 5.18. The average Bonchev–Trinajstić information content (AvgIpc) is 3.33. The van der Waals surface area contributed by atoms with E-state index in [-0.39, 0.29) is 23.8 Å². The fourth-order valence-corrected chi connectivity index (χ4v) is 5.74. The number of nitrogens with zero attached hydrogens (tertiary/aromatic N) is 1. The Bertz CT molecular complexity index is 677. The number of ether oxygens (including phenoxy) is 1. The van der Waals surface area contributed by atoms with Crippen LogP contribution in [-0.2, 0) is 14.3 Å². The van der Waals surface area contributed by atoms with Crippen LogP contribution in [0.3, 0.4) is 0 Å². The number of amides is 3. The molecule has 32 heavy (non-hydrogen) atoms. The van der Waals surface area contributed by atoms with Gasteiger partial charge in [-0.25, -0.2) is 4.79 Å². The molecule has 0 aromatic rings. The zero-order chi connectivity index (χ0) is 23.3. The van der Waals surface area contributed by atoms with Gasteiger partial charge in [0.15, 0.2) is 0 Å². The molecule has 182 valence electrons. The lowest BCUT2D eigenvalue weighted by atomic mass is 9.84. The third-order valence-electron chi connectivity index (χ3n) is 7.16. The lowest BCUT2D eigenvalue weighted by Gasteiger charge is -2.33. The molecule has 0 radical (unpaired) electrons. The molecular weight excluding hydrogens is 408 g/mol. The van der Waals surface area contributed by atoms with Gasteiger partial charge in [-0.05, 0) is 84.1 Å². The third kappa shape index (κ3) is 7.36. The maximum Gasteiger partial charge on any atom is 0.407 e. The fourth-order valence-electron chi connectivity index (χ4n) is 5.74. The van der Waals surface area contributed by atoms with Crippen LogP contribution in [0, 0.1) is 23.7 Å². The molecule has 3 fully saturated rings. The molecule has 2 aliphatic carbocycles. The van der Waals surface area contributed by atoms with Gasteiger partial charge in [-0.3, -0.25) is 14.5 Å². The van der Waals surface area contributed by atoms with Crippen molar-refractivity contribution >= 4 is 17.9 Å². The summed E-state index contributed by atoms with van der Waals surface area (Å²) in [6.45, 7) is 10.1. The second-order valence-corrected chi connectivity index (χ2v) is 11.0. The second-order valence-electron chi connectivity index (χ2n) is 11.0. The van der Waals surface area contributed by atoms with Crippen molar-refractivity contribution in [2.45, 2.75) is 77.9 Å². The normalized spacial score (nSPS) is 28.8.